The highest BCUT2D eigenvalue weighted by Gasteiger charge is 2.61. The highest BCUT2D eigenvalue weighted by atomic mass is 16.7. The fourth-order valence-corrected chi connectivity index (χ4v) is 4.58. The van der Waals surface area contributed by atoms with Gasteiger partial charge in [0.25, 0.3) is 0 Å². The van der Waals surface area contributed by atoms with Gasteiger partial charge in [0.05, 0.1) is 32.1 Å². The van der Waals surface area contributed by atoms with Gasteiger partial charge in [0.2, 0.25) is 12.7 Å². The number of hydrogen-bond donors (Lipinski definition) is 1. The molecule has 1 aliphatic carbocycles. The van der Waals surface area contributed by atoms with Crippen molar-refractivity contribution < 1.29 is 19.2 Å². The largest absolute Gasteiger partial charge is 0.454 e. The van der Waals surface area contributed by atoms with E-state index >= 15 is 0 Å². The average Bonchev–Trinajstić information content (AvgIpc) is 2.96. The minimum Gasteiger partial charge on any atom is -0.454 e. The molecule has 1 aromatic rings. The van der Waals surface area contributed by atoms with Crippen LogP contribution in [0.25, 0.3) is 0 Å². The molecule has 4 rings (SSSR count). The number of carbonyl (C=O) groups is 1. The number of ether oxygens (including phenoxy) is 2. The molecule has 0 bridgehead atoms. The molecule has 5 nitrogen and oxygen atoms in total. The maximum atomic E-state index is 13.0. The number of allylic oxidation sites excluding steroid dienone is 2. The van der Waals surface area contributed by atoms with E-state index in [9.17, 15) is 4.79 Å². The maximum absolute atomic E-state index is 13.0. The highest BCUT2D eigenvalue weighted by Crippen LogP contribution is 2.60. The molecule has 0 unspecified atom stereocenters. The highest BCUT2D eigenvalue weighted by molar-refractivity contribution is 5.84. The Labute approximate surface area is 161 Å². The molecule has 5 heteroatoms. The van der Waals surface area contributed by atoms with Crippen molar-refractivity contribution in [3.05, 3.63) is 35.4 Å². The van der Waals surface area contributed by atoms with E-state index in [-0.39, 0.29) is 11.3 Å². The van der Waals surface area contributed by atoms with Crippen LogP contribution in [0, 0.1) is 17.3 Å². The van der Waals surface area contributed by atoms with E-state index in [4.69, 9.17) is 9.47 Å². The van der Waals surface area contributed by atoms with Crippen LogP contribution in [0.1, 0.15) is 33.3 Å². The molecular weight excluding hydrogens is 340 g/mol. The lowest BCUT2D eigenvalue weighted by Crippen LogP contribution is -3.13. The van der Waals surface area contributed by atoms with Crippen LogP contribution in [0.2, 0.25) is 0 Å². The molecule has 0 aromatic heterocycles. The van der Waals surface area contributed by atoms with Gasteiger partial charge >= 0.3 is 0 Å². The van der Waals surface area contributed by atoms with Crippen LogP contribution < -0.4 is 14.4 Å². The number of piperazine rings is 1. The summed E-state index contributed by atoms with van der Waals surface area (Å²) < 4.78 is 10.9. The summed E-state index contributed by atoms with van der Waals surface area (Å²) in [5.41, 5.74) is 2.67. The Hall–Kier alpha value is -2.01. The van der Waals surface area contributed by atoms with Gasteiger partial charge < -0.3 is 19.3 Å². The minimum absolute atomic E-state index is 0.102. The Morgan fingerprint density at radius 3 is 2.63 bits per heavy atom. The van der Waals surface area contributed by atoms with Crippen molar-refractivity contribution in [2.45, 2.75) is 34.2 Å². The number of fused-ring (bicyclic) bond motifs is 1. The molecule has 2 heterocycles. The predicted octanol–water partition coefficient (Wildman–Crippen LogP) is 1.88. The van der Waals surface area contributed by atoms with Gasteiger partial charge in [-0.05, 0) is 43.4 Å². The van der Waals surface area contributed by atoms with E-state index in [1.54, 1.807) is 0 Å². The second-order valence-corrected chi connectivity index (χ2v) is 9.01. The zero-order valence-electron chi connectivity index (χ0n) is 16.9. The van der Waals surface area contributed by atoms with E-state index in [0.29, 0.717) is 18.6 Å². The van der Waals surface area contributed by atoms with Crippen molar-refractivity contribution in [1.29, 1.82) is 0 Å². The molecule has 1 N–H and O–H groups in total. The van der Waals surface area contributed by atoms with Crippen LogP contribution in [0.5, 0.6) is 11.5 Å². The first kappa shape index (κ1) is 18.4. The molecule has 146 valence electrons. The number of benzene rings is 1. The van der Waals surface area contributed by atoms with Gasteiger partial charge in [0.15, 0.2) is 11.5 Å². The summed E-state index contributed by atoms with van der Waals surface area (Å²) in [6.07, 6.45) is 2.28. The number of amides is 1. The summed E-state index contributed by atoms with van der Waals surface area (Å²) in [6.45, 7) is 13.7. The third-order valence-corrected chi connectivity index (χ3v) is 6.36. The summed E-state index contributed by atoms with van der Waals surface area (Å²) in [7, 11) is 0. The van der Waals surface area contributed by atoms with E-state index in [1.165, 1.54) is 16.0 Å². The summed E-state index contributed by atoms with van der Waals surface area (Å²) in [4.78, 5) is 16.6. The molecule has 2 atom stereocenters. The smallest absolute Gasteiger partial charge is 0.231 e. The fraction of sp³-hybridized carbons (Fsp3) is 0.591. The molecule has 1 aromatic carbocycles. The molecule has 1 saturated carbocycles. The fourth-order valence-electron chi connectivity index (χ4n) is 4.58. The number of carbonyl (C=O) groups excluding carboxylic acids is 1. The van der Waals surface area contributed by atoms with Crippen LogP contribution in [0.3, 0.4) is 0 Å². The van der Waals surface area contributed by atoms with Crippen LogP contribution in [-0.2, 0) is 11.3 Å². The van der Waals surface area contributed by atoms with Gasteiger partial charge in [-0.1, -0.05) is 25.5 Å². The number of quaternary nitrogens is 1. The van der Waals surface area contributed by atoms with Crippen LogP contribution in [0.15, 0.2) is 29.8 Å². The second-order valence-electron chi connectivity index (χ2n) is 9.01. The monoisotopic (exact) mass is 371 g/mol. The summed E-state index contributed by atoms with van der Waals surface area (Å²) in [5, 5.41) is 0. The Balaban J connectivity index is 1.31. The van der Waals surface area contributed by atoms with Crippen molar-refractivity contribution >= 4 is 5.91 Å². The first-order valence-electron chi connectivity index (χ1n) is 10.0. The summed E-state index contributed by atoms with van der Waals surface area (Å²) in [6, 6.07) is 6.20. The zero-order valence-corrected chi connectivity index (χ0v) is 16.9. The lowest BCUT2D eigenvalue weighted by Gasteiger charge is -2.32. The second kappa shape index (κ2) is 6.86. The maximum Gasteiger partial charge on any atom is 0.231 e. The first-order valence-corrected chi connectivity index (χ1v) is 10.0. The molecule has 2 fully saturated rings. The van der Waals surface area contributed by atoms with E-state index in [0.717, 1.165) is 44.2 Å². The van der Waals surface area contributed by atoms with Crippen molar-refractivity contribution in [2.24, 2.45) is 17.3 Å². The van der Waals surface area contributed by atoms with E-state index in [2.05, 4.69) is 50.8 Å². The normalized spacial score (nSPS) is 26.0. The predicted molar refractivity (Wildman–Crippen MR) is 104 cm³/mol. The Morgan fingerprint density at radius 1 is 1.22 bits per heavy atom. The summed E-state index contributed by atoms with van der Waals surface area (Å²) in [5.74, 6) is 2.59. The van der Waals surface area contributed by atoms with Gasteiger partial charge in [0, 0.05) is 5.56 Å². The van der Waals surface area contributed by atoms with Crippen molar-refractivity contribution in [3.63, 3.8) is 0 Å². The zero-order chi connectivity index (χ0) is 19.2. The quantitative estimate of drug-likeness (QED) is 0.822. The number of rotatable bonds is 4. The lowest BCUT2D eigenvalue weighted by atomic mass is 10.1. The first-order chi connectivity index (χ1) is 12.9. The molecule has 3 aliphatic rings. The SMILES string of the molecule is CC(C)=C[C@H]1[C@H](C(=O)N2CC[NH+](Cc3ccc4c(c3)OCO4)CC2)C1(C)C. The molecule has 0 radical (unpaired) electrons. The van der Waals surface area contributed by atoms with Crippen LogP contribution in [-0.4, -0.2) is 43.8 Å². The number of hydrogen-bond acceptors (Lipinski definition) is 3. The molecule has 1 saturated heterocycles. The Kier molecular flexibility index (Phi) is 4.66. The van der Waals surface area contributed by atoms with Gasteiger partial charge in [-0.25, -0.2) is 0 Å². The van der Waals surface area contributed by atoms with Gasteiger partial charge in [0.1, 0.15) is 6.54 Å². The minimum atomic E-state index is 0.102. The van der Waals surface area contributed by atoms with Gasteiger partial charge in [-0.3, -0.25) is 4.79 Å². The third-order valence-electron chi connectivity index (χ3n) is 6.36. The van der Waals surface area contributed by atoms with Crippen molar-refractivity contribution in [1.82, 2.24) is 4.90 Å². The summed E-state index contributed by atoms with van der Waals surface area (Å²) >= 11 is 0. The molecule has 1 amide bonds. The molecule has 27 heavy (non-hydrogen) atoms. The number of nitrogens with zero attached hydrogens (tertiary/aromatic N) is 1. The average molecular weight is 372 g/mol. The third kappa shape index (κ3) is 3.57. The molecule has 0 spiro atoms. The topological polar surface area (TPSA) is 43.2 Å². The Morgan fingerprint density at radius 2 is 1.93 bits per heavy atom. The molecular formula is C22H31N2O3+. The Bertz CT molecular complexity index is 759. The van der Waals surface area contributed by atoms with E-state index < -0.39 is 0 Å². The van der Waals surface area contributed by atoms with E-state index in [1.807, 2.05) is 6.07 Å². The van der Waals surface area contributed by atoms with Gasteiger partial charge in [-0.2, -0.15) is 0 Å². The van der Waals surface area contributed by atoms with Crippen molar-refractivity contribution in [3.8, 4) is 11.5 Å². The lowest BCUT2D eigenvalue weighted by molar-refractivity contribution is -0.917. The standard InChI is InChI=1S/C22H30N2O3/c1-15(2)11-17-20(22(17,3)4)21(25)24-9-7-23(8-10-24)13-16-5-6-18-19(12-16)27-14-26-18/h5-6,11-12,17,20H,7-10,13-14H2,1-4H3/p+1/t17-,20+/m0/s1. The van der Waals surface area contributed by atoms with Crippen molar-refractivity contribution in [2.75, 3.05) is 33.0 Å². The number of nitrogens with one attached hydrogen (secondary N) is 1. The van der Waals surface area contributed by atoms with Crippen LogP contribution >= 0.6 is 0 Å². The molecule has 2 aliphatic heterocycles. The van der Waals surface area contributed by atoms with Crippen LogP contribution in [0.4, 0.5) is 0 Å². The van der Waals surface area contributed by atoms with Gasteiger partial charge in [-0.15, -0.1) is 0 Å².